The number of benzene rings is 3. The fraction of sp³-hybridized carbons (Fsp3) is 0.233. The molecule has 0 spiro atoms. The van der Waals surface area contributed by atoms with E-state index in [2.05, 4.69) is 81.6 Å². The number of carbonyl (C=O) groups is 2. The number of hydrogen-bond acceptors (Lipinski definition) is 4. The zero-order chi connectivity index (χ0) is 28.7. The van der Waals surface area contributed by atoms with Crippen molar-refractivity contribution < 1.29 is 27.9 Å². The van der Waals surface area contributed by atoms with Gasteiger partial charge in [-0.3, -0.25) is 4.79 Å². The molecule has 3 aromatic carbocycles. The van der Waals surface area contributed by atoms with E-state index >= 15 is 0 Å². The Kier molecular flexibility index (Phi) is 8.88. The van der Waals surface area contributed by atoms with Gasteiger partial charge in [0.2, 0.25) is 5.91 Å². The van der Waals surface area contributed by atoms with E-state index in [4.69, 9.17) is 9.90 Å². The Hall–Kier alpha value is -4.60. The number of amides is 1. The number of hydrogen-bond donors (Lipinski definition) is 2. The highest BCUT2D eigenvalue weighted by Crippen LogP contribution is 2.33. The lowest BCUT2D eigenvalue weighted by Gasteiger charge is -2.32. The summed E-state index contributed by atoms with van der Waals surface area (Å²) in [6.45, 7) is 3.76. The number of imidazole rings is 1. The second kappa shape index (κ2) is 12.5. The van der Waals surface area contributed by atoms with Crippen molar-refractivity contribution in [2.45, 2.75) is 38.7 Å². The van der Waals surface area contributed by atoms with Crippen LogP contribution in [0, 0.1) is 0 Å². The van der Waals surface area contributed by atoms with Crippen molar-refractivity contribution in [3.63, 3.8) is 0 Å². The van der Waals surface area contributed by atoms with Gasteiger partial charge in [-0.15, -0.1) is 0 Å². The van der Waals surface area contributed by atoms with Crippen LogP contribution in [-0.4, -0.2) is 50.6 Å². The predicted molar refractivity (Wildman–Crippen MR) is 145 cm³/mol. The lowest BCUT2D eigenvalue weighted by atomic mass is 10.0. The minimum Gasteiger partial charge on any atom is -0.475 e. The van der Waals surface area contributed by atoms with E-state index in [1.165, 1.54) is 27.9 Å². The minimum absolute atomic E-state index is 0.0698. The Morgan fingerprint density at radius 3 is 2.23 bits per heavy atom. The zero-order valence-electron chi connectivity index (χ0n) is 21.8. The number of nitrogens with one attached hydrogen (secondary N) is 1. The Bertz CT molecular complexity index is 1410. The molecule has 1 amide bonds. The molecule has 1 aromatic heterocycles. The molecule has 40 heavy (non-hydrogen) atoms. The maximum atomic E-state index is 12.8. The van der Waals surface area contributed by atoms with Gasteiger partial charge in [-0.1, -0.05) is 66.7 Å². The maximum Gasteiger partial charge on any atom is 0.490 e. The summed E-state index contributed by atoms with van der Waals surface area (Å²) in [6, 6.07) is 27.5. The highest BCUT2D eigenvalue weighted by atomic mass is 19.4. The van der Waals surface area contributed by atoms with Gasteiger partial charge in [0.1, 0.15) is 0 Å². The number of carboxylic acids is 1. The number of carboxylic acid groups (broad SMARTS) is 1. The van der Waals surface area contributed by atoms with E-state index in [0.717, 1.165) is 18.7 Å². The number of H-pyrrole nitrogens is 1. The monoisotopic (exact) mass is 550 g/mol. The number of carbonyl (C=O) groups excluding carboxylic acids is 1. The van der Waals surface area contributed by atoms with Crippen LogP contribution in [0.4, 0.5) is 18.9 Å². The van der Waals surface area contributed by atoms with Crippen LogP contribution in [0.3, 0.4) is 0 Å². The molecule has 5 rings (SSSR count). The number of aromatic amines is 1. The van der Waals surface area contributed by atoms with Gasteiger partial charge >= 0.3 is 12.1 Å². The van der Waals surface area contributed by atoms with Crippen molar-refractivity contribution >= 4 is 17.6 Å². The third-order valence-corrected chi connectivity index (χ3v) is 6.62. The number of anilines is 1. The van der Waals surface area contributed by atoms with Crippen molar-refractivity contribution in [2.24, 2.45) is 0 Å². The van der Waals surface area contributed by atoms with Crippen molar-refractivity contribution in [3.05, 3.63) is 108 Å². The molecule has 0 saturated carbocycles. The molecule has 1 unspecified atom stereocenters. The summed E-state index contributed by atoms with van der Waals surface area (Å²) in [5, 5.41) is 7.12. The molecule has 208 valence electrons. The van der Waals surface area contributed by atoms with Crippen molar-refractivity contribution in [1.82, 2.24) is 14.9 Å². The van der Waals surface area contributed by atoms with Gasteiger partial charge in [-0.05, 0) is 40.8 Å². The molecule has 1 atom stereocenters. The molecule has 7 nitrogen and oxygen atoms in total. The highest BCUT2D eigenvalue weighted by Gasteiger charge is 2.38. The topological polar surface area (TPSA) is 89.5 Å². The van der Waals surface area contributed by atoms with Gasteiger partial charge in [0.15, 0.2) is 0 Å². The first-order valence-corrected chi connectivity index (χ1v) is 12.6. The van der Waals surface area contributed by atoms with Gasteiger partial charge in [0.05, 0.1) is 24.6 Å². The van der Waals surface area contributed by atoms with Crippen molar-refractivity contribution in [2.75, 3.05) is 11.4 Å². The standard InChI is InChI=1S/C28H28N4O.C2HF3O2/c1-21(33)32-17-25-15-24(23-10-6-3-7-11-23)12-13-28(25)31(18-26-16-29-20-30-26)19-27(32)14-22-8-4-2-5-9-22;3-2(4,5)1(6)7/h2-13,15-16,20,27H,14,17-19H2,1H3,(H,29,30);(H,6,7). The van der Waals surface area contributed by atoms with Gasteiger partial charge in [0.25, 0.3) is 0 Å². The number of nitrogens with zero attached hydrogens (tertiary/aromatic N) is 3. The molecule has 0 fully saturated rings. The molecule has 1 aliphatic heterocycles. The smallest absolute Gasteiger partial charge is 0.475 e. The largest absolute Gasteiger partial charge is 0.490 e. The number of aliphatic carboxylic acids is 1. The molecule has 2 N–H and O–H groups in total. The quantitative estimate of drug-likeness (QED) is 0.333. The van der Waals surface area contributed by atoms with Gasteiger partial charge in [-0.2, -0.15) is 13.2 Å². The van der Waals surface area contributed by atoms with Crippen LogP contribution in [-0.2, 0) is 29.1 Å². The number of alkyl halides is 3. The van der Waals surface area contributed by atoms with Crippen LogP contribution in [0.2, 0.25) is 0 Å². The Labute approximate surface area is 229 Å². The molecule has 0 radical (unpaired) electrons. The predicted octanol–water partition coefficient (Wildman–Crippen LogP) is 5.69. The average molecular weight is 551 g/mol. The molecular weight excluding hydrogens is 521 g/mol. The molecule has 0 bridgehead atoms. The van der Waals surface area contributed by atoms with Gasteiger partial charge in [-0.25, -0.2) is 9.78 Å². The van der Waals surface area contributed by atoms with Crippen LogP contribution >= 0.6 is 0 Å². The van der Waals surface area contributed by atoms with E-state index in [0.29, 0.717) is 13.1 Å². The van der Waals surface area contributed by atoms with Crippen molar-refractivity contribution in [1.29, 1.82) is 0 Å². The van der Waals surface area contributed by atoms with E-state index in [1.54, 1.807) is 13.3 Å². The fourth-order valence-corrected chi connectivity index (χ4v) is 4.75. The third kappa shape index (κ3) is 7.28. The Balaban J connectivity index is 0.000000470. The fourth-order valence-electron chi connectivity index (χ4n) is 4.75. The lowest BCUT2D eigenvalue weighted by Crippen LogP contribution is -2.44. The van der Waals surface area contributed by atoms with E-state index < -0.39 is 12.1 Å². The van der Waals surface area contributed by atoms with Crippen LogP contribution in [0.5, 0.6) is 0 Å². The van der Waals surface area contributed by atoms with Crippen LogP contribution in [0.15, 0.2) is 91.4 Å². The van der Waals surface area contributed by atoms with Crippen LogP contribution in [0.1, 0.15) is 23.7 Å². The van der Waals surface area contributed by atoms with E-state index in [9.17, 15) is 18.0 Å². The summed E-state index contributed by atoms with van der Waals surface area (Å²) in [4.78, 5) is 33.6. The van der Waals surface area contributed by atoms with E-state index in [1.807, 2.05) is 23.2 Å². The highest BCUT2D eigenvalue weighted by molar-refractivity contribution is 5.76. The molecule has 0 aliphatic carbocycles. The summed E-state index contributed by atoms with van der Waals surface area (Å²) in [6.07, 6.45) is -0.673. The lowest BCUT2D eigenvalue weighted by molar-refractivity contribution is -0.192. The Morgan fingerprint density at radius 2 is 1.65 bits per heavy atom. The summed E-state index contributed by atoms with van der Waals surface area (Å²) in [5.41, 5.74) is 6.99. The number of halogens is 3. The summed E-state index contributed by atoms with van der Waals surface area (Å²) < 4.78 is 31.7. The minimum atomic E-state index is -5.08. The second-order valence-electron chi connectivity index (χ2n) is 9.46. The number of fused-ring (bicyclic) bond motifs is 1. The van der Waals surface area contributed by atoms with E-state index in [-0.39, 0.29) is 11.9 Å². The SMILES string of the molecule is CC(=O)N1Cc2cc(-c3ccccc3)ccc2N(Cc2cnc[nH]2)CC1Cc1ccccc1.O=C(O)C(F)(F)F. The first kappa shape index (κ1) is 28.4. The molecule has 2 heterocycles. The number of aromatic nitrogens is 2. The van der Waals surface area contributed by atoms with Gasteiger partial charge < -0.3 is 19.9 Å². The third-order valence-electron chi connectivity index (χ3n) is 6.62. The summed E-state index contributed by atoms with van der Waals surface area (Å²) >= 11 is 0. The van der Waals surface area contributed by atoms with Crippen LogP contribution in [0.25, 0.3) is 11.1 Å². The molecule has 10 heteroatoms. The molecular formula is C30H29F3N4O3. The second-order valence-corrected chi connectivity index (χ2v) is 9.46. The van der Waals surface area contributed by atoms with Crippen molar-refractivity contribution in [3.8, 4) is 11.1 Å². The van der Waals surface area contributed by atoms with Gasteiger partial charge in [0, 0.05) is 31.9 Å². The number of rotatable bonds is 5. The summed E-state index contributed by atoms with van der Waals surface area (Å²) in [7, 11) is 0. The average Bonchev–Trinajstić information content (AvgIpc) is 3.39. The normalized spacial score (nSPS) is 14.9. The van der Waals surface area contributed by atoms with Crippen LogP contribution < -0.4 is 4.90 Å². The maximum absolute atomic E-state index is 12.8. The molecule has 0 saturated heterocycles. The first-order chi connectivity index (χ1) is 19.1. The Morgan fingerprint density at radius 1 is 1.00 bits per heavy atom. The molecule has 4 aromatic rings. The summed E-state index contributed by atoms with van der Waals surface area (Å²) in [5.74, 6) is -2.65. The first-order valence-electron chi connectivity index (χ1n) is 12.6. The zero-order valence-corrected chi connectivity index (χ0v) is 21.8. The molecule has 1 aliphatic rings.